The molecule has 110 valence electrons. The highest BCUT2D eigenvalue weighted by molar-refractivity contribution is 9.10. The van der Waals surface area contributed by atoms with Gasteiger partial charge in [-0.3, -0.25) is 4.68 Å². The fraction of sp³-hybridized carbons (Fsp3) is 0.786. The molecule has 0 aliphatic rings. The lowest BCUT2D eigenvalue weighted by molar-refractivity contribution is 0.554. The van der Waals surface area contributed by atoms with E-state index in [9.17, 15) is 0 Å². The van der Waals surface area contributed by atoms with Crippen LogP contribution in [0.1, 0.15) is 39.1 Å². The molecule has 0 saturated heterocycles. The molecule has 0 fully saturated rings. The molecule has 0 saturated carbocycles. The summed E-state index contributed by atoms with van der Waals surface area (Å²) in [4.78, 5) is 0. The normalized spacial score (nSPS) is 13.2. The maximum absolute atomic E-state index is 4.66. The highest BCUT2D eigenvalue weighted by Gasteiger charge is 2.18. The first kappa shape index (κ1) is 17.1. The molecule has 1 unspecified atom stereocenters. The Hall–Kier alpha value is -0.0000000000000000555. The van der Waals surface area contributed by atoms with Crippen molar-refractivity contribution >= 4 is 27.7 Å². The monoisotopic (exact) mass is 347 g/mol. The predicted octanol–water partition coefficient (Wildman–Crippen LogP) is 3.50. The van der Waals surface area contributed by atoms with Gasteiger partial charge in [-0.05, 0) is 41.6 Å². The van der Waals surface area contributed by atoms with Crippen LogP contribution < -0.4 is 5.32 Å². The standard InChI is InChI=1S/C14H26BrN3S/c1-6-12-14(15)13(18(7-2)17-12)8-11(16-5)9-19-10(3)4/h10-11,16H,6-9H2,1-5H3. The summed E-state index contributed by atoms with van der Waals surface area (Å²) in [5.41, 5.74) is 2.49. The second-order valence-corrected chi connectivity index (χ2v) is 7.35. The second kappa shape index (κ2) is 8.32. The molecule has 1 atom stereocenters. The smallest absolute Gasteiger partial charge is 0.0766 e. The number of halogens is 1. The predicted molar refractivity (Wildman–Crippen MR) is 89.1 cm³/mol. The minimum atomic E-state index is 0.496. The van der Waals surface area contributed by atoms with Crippen molar-refractivity contribution in [2.45, 2.75) is 58.4 Å². The van der Waals surface area contributed by atoms with E-state index in [2.05, 4.69) is 58.7 Å². The van der Waals surface area contributed by atoms with Gasteiger partial charge >= 0.3 is 0 Å². The van der Waals surface area contributed by atoms with Gasteiger partial charge in [-0.15, -0.1) is 0 Å². The van der Waals surface area contributed by atoms with Gasteiger partial charge in [0.1, 0.15) is 0 Å². The van der Waals surface area contributed by atoms with E-state index in [4.69, 9.17) is 0 Å². The molecule has 0 spiro atoms. The number of likely N-dealkylation sites (N-methyl/N-ethyl adjacent to an activating group) is 1. The second-order valence-electron chi connectivity index (χ2n) is 4.95. The highest BCUT2D eigenvalue weighted by atomic mass is 79.9. The zero-order chi connectivity index (χ0) is 14.4. The summed E-state index contributed by atoms with van der Waals surface area (Å²) >= 11 is 5.73. The number of rotatable bonds is 8. The number of aryl methyl sites for hydroxylation is 2. The van der Waals surface area contributed by atoms with Crippen molar-refractivity contribution in [1.29, 1.82) is 0 Å². The average molecular weight is 348 g/mol. The van der Waals surface area contributed by atoms with Crippen LogP contribution >= 0.6 is 27.7 Å². The summed E-state index contributed by atoms with van der Waals surface area (Å²) < 4.78 is 3.33. The van der Waals surface area contributed by atoms with Crippen molar-refractivity contribution < 1.29 is 0 Å². The largest absolute Gasteiger partial charge is 0.316 e. The third kappa shape index (κ3) is 4.80. The quantitative estimate of drug-likeness (QED) is 0.780. The zero-order valence-electron chi connectivity index (χ0n) is 12.7. The number of thioether (sulfide) groups is 1. The van der Waals surface area contributed by atoms with Gasteiger partial charge in [-0.1, -0.05) is 20.8 Å². The van der Waals surface area contributed by atoms with Crippen LogP contribution in [-0.4, -0.2) is 33.9 Å². The molecule has 0 aliphatic heterocycles. The summed E-state index contributed by atoms with van der Waals surface area (Å²) in [5, 5.41) is 8.78. The Labute approximate surface area is 130 Å². The molecular formula is C14H26BrN3S. The van der Waals surface area contributed by atoms with Crippen LogP contribution in [0.2, 0.25) is 0 Å². The molecule has 3 nitrogen and oxygen atoms in total. The summed E-state index contributed by atoms with van der Waals surface area (Å²) in [7, 11) is 2.05. The number of hydrogen-bond donors (Lipinski definition) is 1. The van der Waals surface area contributed by atoms with Gasteiger partial charge in [0, 0.05) is 24.8 Å². The number of aromatic nitrogens is 2. The molecule has 0 amide bonds. The summed E-state index contributed by atoms with van der Waals surface area (Å²) in [6, 6.07) is 0.496. The van der Waals surface area contributed by atoms with Gasteiger partial charge in [0.25, 0.3) is 0 Å². The molecule has 0 aromatic carbocycles. The van der Waals surface area contributed by atoms with Crippen molar-refractivity contribution in [3.63, 3.8) is 0 Å². The Bertz CT molecular complexity index is 390. The molecule has 0 aliphatic carbocycles. The molecule has 1 aromatic heterocycles. The summed E-state index contributed by atoms with van der Waals surface area (Å²) in [5.74, 6) is 1.14. The lowest BCUT2D eigenvalue weighted by Crippen LogP contribution is -2.31. The van der Waals surface area contributed by atoms with Gasteiger partial charge in [0.05, 0.1) is 15.9 Å². The lowest BCUT2D eigenvalue weighted by Gasteiger charge is -2.18. The molecule has 1 heterocycles. The third-order valence-corrected chi connectivity index (χ3v) is 5.35. The molecule has 19 heavy (non-hydrogen) atoms. The average Bonchev–Trinajstić information content (AvgIpc) is 2.70. The van der Waals surface area contributed by atoms with E-state index in [1.165, 1.54) is 15.9 Å². The number of nitrogens with zero attached hydrogens (tertiary/aromatic N) is 2. The molecule has 1 rings (SSSR count). The summed E-state index contributed by atoms with van der Waals surface area (Å²) in [6.07, 6.45) is 2.00. The molecule has 5 heteroatoms. The van der Waals surface area contributed by atoms with E-state index in [1.807, 2.05) is 18.8 Å². The number of hydrogen-bond acceptors (Lipinski definition) is 3. The first-order valence-corrected chi connectivity index (χ1v) is 8.90. The van der Waals surface area contributed by atoms with Gasteiger partial charge < -0.3 is 5.32 Å². The Morgan fingerprint density at radius 2 is 2.05 bits per heavy atom. The molecular weight excluding hydrogens is 322 g/mol. The van der Waals surface area contributed by atoms with Crippen LogP contribution in [0.15, 0.2) is 4.47 Å². The molecule has 1 N–H and O–H groups in total. The zero-order valence-corrected chi connectivity index (χ0v) is 15.1. The fourth-order valence-electron chi connectivity index (χ4n) is 2.00. The van der Waals surface area contributed by atoms with E-state index < -0.39 is 0 Å². The minimum absolute atomic E-state index is 0.496. The molecule has 0 bridgehead atoms. The Morgan fingerprint density at radius 1 is 1.37 bits per heavy atom. The Balaban J connectivity index is 2.80. The Morgan fingerprint density at radius 3 is 2.53 bits per heavy atom. The van der Waals surface area contributed by atoms with Gasteiger partial charge in [-0.25, -0.2) is 0 Å². The topological polar surface area (TPSA) is 29.9 Å². The molecule has 0 radical (unpaired) electrons. The fourth-order valence-corrected chi connectivity index (χ4v) is 3.63. The van der Waals surface area contributed by atoms with Crippen molar-refractivity contribution in [2.24, 2.45) is 0 Å². The van der Waals surface area contributed by atoms with Crippen LogP contribution in [0, 0.1) is 0 Å². The van der Waals surface area contributed by atoms with E-state index >= 15 is 0 Å². The number of nitrogens with one attached hydrogen (secondary N) is 1. The SMILES string of the molecule is CCc1nn(CC)c(CC(CSC(C)C)NC)c1Br. The van der Waals surface area contributed by atoms with Gasteiger partial charge in [0.2, 0.25) is 0 Å². The highest BCUT2D eigenvalue weighted by Crippen LogP contribution is 2.24. The van der Waals surface area contributed by atoms with Crippen LogP contribution in [-0.2, 0) is 19.4 Å². The lowest BCUT2D eigenvalue weighted by atomic mass is 10.1. The van der Waals surface area contributed by atoms with Crippen LogP contribution in [0.3, 0.4) is 0 Å². The third-order valence-electron chi connectivity index (χ3n) is 3.17. The maximum Gasteiger partial charge on any atom is 0.0766 e. The maximum atomic E-state index is 4.66. The van der Waals surface area contributed by atoms with Crippen molar-refractivity contribution in [3.05, 3.63) is 15.9 Å². The minimum Gasteiger partial charge on any atom is -0.316 e. The van der Waals surface area contributed by atoms with Crippen molar-refractivity contribution in [3.8, 4) is 0 Å². The van der Waals surface area contributed by atoms with Gasteiger partial charge in [-0.2, -0.15) is 16.9 Å². The summed E-state index contributed by atoms with van der Waals surface area (Å²) in [6.45, 7) is 9.74. The van der Waals surface area contributed by atoms with E-state index in [0.717, 1.165) is 25.1 Å². The Kier molecular flexibility index (Phi) is 7.47. The van der Waals surface area contributed by atoms with E-state index in [-0.39, 0.29) is 0 Å². The van der Waals surface area contributed by atoms with Crippen molar-refractivity contribution in [1.82, 2.24) is 15.1 Å². The van der Waals surface area contributed by atoms with Crippen molar-refractivity contribution in [2.75, 3.05) is 12.8 Å². The van der Waals surface area contributed by atoms with E-state index in [1.54, 1.807) is 0 Å². The van der Waals surface area contributed by atoms with Crippen LogP contribution in [0.5, 0.6) is 0 Å². The van der Waals surface area contributed by atoms with Gasteiger partial charge in [0.15, 0.2) is 0 Å². The van der Waals surface area contributed by atoms with E-state index in [0.29, 0.717) is 11.3 Å². The first-order chi connectivity index (χ1) is 9.03. The van der Waals surface area contributed by atoms with Crippen LogP contribution in [0.4, 0.5) is 0 Å². The first-order valence-electron chi connectivity index (χ1n) is 7.06. The van der Waals surface area contributed by atoms with Crippen LogP contribution in [0.25, 0.3) is 0 Å². The molecule has 1 aromatic rings.